The maximum Gasteiger partial charge on any atom is 0.394 e. The maximum absolute atomic E-state index is 10.5. The van der Waals surface area contributed by atoms with Gasteiger partial charge in [0, 0.05) is 11.8 Å². The minimum absolute atomic E-state index is 0. The van der Waals surface area contributed by atoms with E-state index in [2.05, 4.69) is 0 Å². The normalized spacial score (nSPS) is 27.8. The van der Waals surface area contributed by atoms with Crippen LogP contribution in [0.4, 0.5) is 0 Å². The summed E-state index contributed by atoms with van der Waals surface area (Å²) in [5, 5.41) is 0.113. The molecule has 3 aliphatic rings. The molecule has 40 heavy (non-hydrogen) atoms. The van der Waals surface area contributed by atoms with Gasteiger partial charge in [-0.1, -0.05) is 76.3 Å². The van der Waals surface area contributed by atoms with Crippen LogP contribution in [0.3, 0.4) is 0 Å². The Morgan fingerprint density at radius 1 is 0.700 bits per heavy atom. The molecule has 0 aliphatic heterocycles. The fourth-order valence-corrected chi connectivity index (χ4v) is 7.79. The SMILES string of the molecule is Cc1ccc(S(=O)(=O)O)cc1.ClC1=C(Cl)C2(Cl)C3C(Cl)C=CC3C1(Cl)C2(Cl)Cl.O.O.O.O.O.O.O.O=S(=O)(O)O. The lowest BCUT2D eigenvalue weighted by atomic mass is 9.84. The molecule has 14 nitrogen and oxygen atoms in total. The van der Waals surface area contributed by atoms with Crippen LogP contribution in [0.1, 0.15) is 5.56 Å². The summed E-state index contributed by atoms with van der Waals surface area (Å²) in [7, 11) is -8.69. The minimum Gasteiger partial charge on any atom is -0.412 e. The van der Waals surface area contributed by atoms with Gasteiger partial charge < -0.3 is 38.3 Å². The molecule has 0 heterocycles. The van der Waals surface area contributed by atoms with Gasteiger partial charge in [-0.3, -0.25) is 13.7 Å². The predicted molar refractivity (Wildman–Crippen MR) is 157 cm³/mol. The van der Waals surface area contributed by atoms with E-state index in [0.717, 1.165) is 5.56 Å². The summed E-state index contributed by atoms with van der Waals surface area (Å²) in [6.07, 6.45) is 3.69. The van der Waals surface area contributed by atoms with Crippen LogP contribution in [0, 0.1) is 18.8 Å². The summed E-state index contributed by atoms with van der Waals surface area (Å²) < 4.78 is 59.7. The Bertz CT molecular complexity index is 1200. The molecule has 0 amide bonds. The summed E-state index contributed by atoms with van der Waals surface area (Å²) in [5.41, 5.74) is 0.956. The molecule has 0 aromatic heterocycles. The first-order valence-corrected chi connectivity index (χ1v) is 14.1. The van der Waals surface area contributed by atoms with Crippen molar-refractivity contribution in [1.82, 2.24) is 0 Å². The standard InChI is InChI=1S/C10H5Cl7.C7H8O3S.H2O4S.7H2O/c11-4-2-1-3-5(4)9(15)7(13)6(12)8(3,14)10(9,16)17;1-6-2-4-7(5-3-6)11(8,9)10;1-5(2,3)4;;;;;;;/h1-5H;2-5H,1H3,(H,8,9,10);(H2,1,2,3,4);7*1H2. The molecule has 3 aliphatic carbocycles. The van der Waals surface area contributed by atoms with Gasteiger partial charge in [0.2, 0.25) is 0 Å². The zero-order chi connectivity index (χ0) is 25.8. The molecule has 2 bridgehead atoms. The lowest BCUT2D eigenvalue weighted by Crippen LogP contribution is -2.45. The Hall–Kier alpha value is 0.230. The van der Waals surface area contributed by atoms with Crippen molar-refractivity contribution >= 4 is 102 Å². The van der Waals surface area contributed by atoms with Gasteiger partial charge in [0.1, 0.15) is 9.75 Å². The number of allylic oxidation sites excluding steroid dienone is 4. The molecule has 17 N–H and O–H groups in total. The van der Waals surface area contributed by atoms with Gasteiger partial charge >= 0.3 is 10.4 Å². The van der Waals surface area contributed by atoms with E-state index in [1.165, 1.54) is 12.1 Å². The van der Waals surface area contributed by atoms with E-state index in [4.69, 9.17) is 103 Å². The smallest absolute Gasteiger partial charge is 0.394 e. The number of rotatable bonds is 1. The third-order valence-electron chi connectivity index (χ3n) is 5.22. The largest absolute Gasteiger partial charge is 0.412 e. The van der Waals surface area contributed by atoms with Crippen molar-refractivity contribution in [2.24, 2.45) is 11.8 Å². The predicted octanol–water partition coefficient (Wildman–Crippen LogP) is 0.0575. The minimum atomic E-state index is -4.67. The average molecular weight is 770 g/mol. The van der Waals surface area contributed by atoms with E-state index in [9.17, 15) is 8.42 Å². The van der Waals surface area contributed by atoms with Gasteiger partial charge in [0.15, 0.2) is 4.33 Å². The zero-order valence-electron chi connectivity index (χ0n) is 19.6. The summed E-state index contributed by atoms with van der Waals surface area (Å²) in [6, 6.07) is 5.99. The van der Waals surface area contributed by atoms with Crippen molar-refractivity contribution in [3.8, 4) is 0 Å². The summed E-state index contributed by atoms with van der Waals surface area (Å²) in [5.74, 6) is -0.470. The molecule has 242 valence electrons. The van der Waals surface area contributed by atoms with Gasteiger partial charge in [0.25, 0.3) is 10.1 Å². The molecule has 4 rings (SSSR count). The number of halogens is 7. The van der Waals surface area contributed by atoms with Gasteiger partial charge in [-0.2, -0.15) is 16.8 Å². The third kappa shape index (κ3) is 9.36. The second-order valence-electron chi connectivity index (χ2n) is 7.24. The highest BCUT2D eigenvalue weighted by Crippen LogP contribution is 2.78. The number of fused-ring (bicyclic) bond motifs is 5. The van der Waals surface area contributed by atoms with E-state index in [0.29, 0.717) is 0 Å². The van der Waals surface area contributed by atoms with E-state index in [-0.39, 0.29) is 70.5 Å². The fourth-order valence-electron chi connectivity index (χ4n) is 3.79. The second-order valence-corrected chi connectivity index (χ2v) is 13.3. The van der Waals surface area contributed by atoms with E-state index in [1.54, 1.807) is 12.1 Å². The number of benzene rings is 1. The Morgan fingerprint density at radius 2 is 1.05 bits per heavy atom. The van der Waals surface area contributed by atoms with Crippen molar-refractivity contribution in [1.29, 1.82) is 0 Å². The number of alkyl halides is 5. The average Bonchev–Trinajstić information content (AvgIpc) is 3.14. The van der Waals surface area contributed by atoms with Gasteiger partial charge in [-0.05, 0) is 19.1 Å². The van der Waals surface area contributed by atoms with E-state index >= 15 is 0 Å². The molecule has 1 aromatic rings. The number of aryl methyl sites for hydroxylation is 1. The first-order chi connectivity index (χ1) is 14.7. The van der Waals surface area contributed by atoms with E-state index in [1.807, 2.05) is 19.1 Å². The Labute approximate surface area is 264 Å². The van der Waals surface area contributed by atoms with Crippen LogP contribution >= 0.6 is 81.2 Å². The van der Waals surface area contributed by atoms with Crippen molar-refractivity contribution in [2.45, 2.75) is 31.3 Å². The van der Waals surface area contributed by atoms with Crippen LogP contribution in [0.2, 0.25) is 0 Å². The topological polar surface area (TPSA) is 349 Å². The van der Waals surface area contributed by atoms with Crippen LogP contribution in [0.5, 0.6) is 0 Å². The number of hydrogen-bond donors (Lipinski definition) is 3. The molecule has 0 spiro atoms. The number of hydrogen-bond acceptors (Lipinski definition) is 4. The molecular formula is C17H29Cl7O14S2. The van der Waals surface area contributed by atoms with Crippen LogP contribution in [0.15, 0.2) is 51.4 Å². The highest BCUT2D eigenvalue weighted by molar-refractivity contribution is 7.85. The maximum atomic E-state index is 10.5. The molecule has 1 aromatic carbocycles. The van der Waals surface area contributed by atoms with Crippen LogP contribution in [-0.2, 0) is 20.5 Å². The van der Waals surface area contributed by atoms with Crippen LogP contribution in [0.25, 0.3) is 0 Å². The van der Waals surface area contributed by atoms with Gasteiger partial charge in [-0.15, -0.1) is 34.8 Å². The molecular weight excluding hydrogens is 740 g/mol. The molecule has 0 radical (unpaired) electrons. The summed E-state index contributed by atoms with van der Waals surface area (Å²) in [4.78, 5) is -2.51. The Morgan fingerprint density at radius 3 is 1.40 bits per heavy atom. The molecule has 5 atom stereocenters. The summed E-state index contributed by atoms with van der Waals surface area (Å²) >= 11 is 44.5. The molecule has 1 saturated carbocycles. The second kappa shape index (κ2) is 17.5. The molecule has 1 fully saturated rings. The van der Waals surface area contributed by atoms with Crippen molar-refractivity contribution in [3.63, 3.8) is 0 Å². The quantitative estimate of drug-likeness (QED) is 0.200. The first kappa shape index (κ1) is 52.8. The molecule has 23 heteroatoms. The van der Waals surface area contributed by atoms with E-state index < -0.39 is 34.6 Å². The highest BCUT2D eigenvalue weighted by Gasteiger charge is 2.83. The monoisotopic (exact) mass is 766 g/mol. The van der Waals surface area contributed by atoms with Crippen LogP contribution in [-0.4, -0.2) is 88.3 Å². The fraction of sp³-hybridized carbons (Fsp3) is 0.412. The van der Waals surface area contributed by atoms with Crippen molar-refractivity contribution < 1.29 is 68.8 Å². The lowest BCUT2D eigenvalue weighted by molar-refractivity contribution is 0.380. The van der Waals surface area contributed by atoms with Gasteiger partial charge in [0.05, 0.1) is 20.3 Å². The zero-order valence-corrected chi connectivity index (χ0v) is 26.6. The molecule has 0 saturated heterocycles. The van der Waals surface area contributed by atoms with Gasteiger partial charge in [-0.25, -0.2) is 0 Å². The first-order valence-electron chi connectivity index (χ1n) is 8.59. The Balaban J connectivity index is -0.000000112. The third-order valence-corrected chi connectivity index (χ3v) is 10.8. The van der Waals surface area contributed by atoms with Crippen LogP contribution < -0.4 is 0 Å². The van der Waals surface area contributed by atoms with Crippen molar-refractivity contribution in [2.75, 3.05) is 0 Å². The highest BCUT2D eigenvalue weighted by atomic mass is 35.5. The Kier molecular flexibility index (Phi) is 23.1. The lowest BCUT2D eigenvalue weighted by Gasteiger charge is -2.34. The molecule has 5 unspecified atom stereocenters. The van der Waals surface area contributed by atoms with Crippen molar-refractivity contribution in [3.05, 3.63) is 52.0 Å². The summed E-state index contributed by atoms with van der Waals surface area (Å²) in [6.45, 7) is 1.84.